The van der Waals surface area contributed by atoms with Crippen LogP contribution in [-0.4, -0.2) is 46.4 Å². The molecule has 188 valence electrons. The second-order valence-corrected chi connectivity index (χ2v) is 8.22. The van der Waals surface area contributed by atoms with Crippen molar-refractivity contribution in [1.29, 1.82) is 0 Å². The Kier molecular flexibility index (Phi) is 8.09. The van der Waals surface area contributed by atoms with Crippen LogP contribution in [0.25, 0.3) is 0 Å². The summed E-state index contributed by atoms with van der Waals surface area (Å²) in [6, 6.07) is 3.18. The Morgan fingerprint density at radius 2 is 1.94 bits per heavy atom. The van der Waals surface area contributed by atoms with Gasteiger partial charge in [0.25, 0.3) is 0 Å². The van der Waals surface area contributed by atoms with Gasteiger partial charge >= 0.3 is 0 Å². The summed E-state index contributed by atoms with van der Waals surface area (Å²) >= 11 is 0. The first-order valence-electron chi connectivity index (χ1n) is 11.5. The Balaban J connectivity index is 1.35. The van der Waals surface area contributed by atoms with Crippen LogP contribution < -0.4 is 14.8 Å². The molecule has 0 amide bonds. The summed E-state index contributed by atoms with van der Waals surface area (Å²) in [4.78, 5) is 8.47. The summed E-state index contributed by atoms with van der Waals surface area (Å²) in [5, 5.41) is 7.60. The SMILES string of the molecule is COc1cc(C)c(F)c(COc2cnc(Nc3cc(C)nn3CCOC3CCCCO3)nc2)c1F. The van der Waals surface area contributed by atoms with E-state index in [0.717, 1.165) is 31.6 Å². The third-order valence-corrected chi connectivity index (χ3v) is 5.56. The number of ether oxygens (including phenoxy) is 4. The second-order valence-electron chi connectivity index (χ2n) is 8.22. The largest absolute Gasteiger partial charge is 0.494 e. The van der Waals surface area contributed by atoms with Gasteiger partial charge in [0.05, 0.1) is 43.9 Å². The summed E-state index contributed by atoms with van der Waals surface area (Å²) < 4.78 is 52.5. The third-order valence-electron chi connectivity index (χ3n) is 5.56. The molecule has 1 saturated heterocycles. The summed E-state index contributed by atoms with van der Waals surface area (Å²) in [5.74, 6) is -0.213. The fraction of sp³-hybridized carbons (Fsp3) is 0.458. The van der Waals surface area contributed by atoms with Gasteiger partial charge in [0.15, 0.2) is 23.6 Å². The Morgan fingerprint density at radius 1 is 1.14 bits per heavy atom. The molecule has 9 nitrogen and oxygen atoms in total. The first kappa shape index (κ1) is 24.8. The second kappa shape index (κ2) is 11.4. The zero-order valence-corrected chi connectivity index (χ0v) is 20.0. The number of methoxy groups -OCH3 is 1. The van der Waals surface area contributed by atoms with Gasteiger partial charge < -0.3 is 24.3 Å². The van der Waals surface area contributed by atoms with Gasteiger partial charge in [-0.3, -0.25) is 0 Å². The molecule has 0 bridgehead atoms. The van der Waals surface area contributed by atoms with Crippen LogP contribution in [0.3, 0.4) is 0 Å². The van der Waals surface area contributed by atoms with Gasteiger partial charge in [-0.2, -0.15) is 5.10 Å². The molecule has 4 rings (SSSR count). The number of halogens is 2. The van der Waals surface area contributed by atoms with Crippen LogP contribution in [0.2, 0.25) is 0 Å². The molecule has 1 unspecified atom stereocenters. The summed E-state index contributed by atoms with van der Waals surface area (Å²) in [6.07, 6.45) is 5.78. The van der Waals surface area contributed by atoms with Gasteiger partial charge in [-0.1, -0.05) is 0 Å². The number of nitrogens with zero attached hydrogens (tertiary/aromatic N) is 4. The predicted octanol–water partition coefficient (Wildman–Crippen LogP) is 4.44. The van der Waals surface area contributed by atoms with Crippen molar-refractivity contribution in [2.45, 2.75) is 52.6 Å². The van der Waals surface area contributed by atoms with Crippen LogP contribution in [0.15, 0.2) is 24.5 Å². The van der Waals surface area contributed by atoms with E-state index in [0.29, 0.717) is 24.9 Å². The van der Waals surface area contributed by atoms with E-state index in [1.165, 1.54) is 32.5 Å². The lowest BCUT2D eigenvalue weighted by atomic mass is 10.1. The standard InChI is InChI=1S/C24H29F2N5O4/c1-15-10-19(32-3)23(26)18(22(15)25)14-35-17-12-27-24(28-13-17)29-20-11-16(2)30-31(20)7-9-34-21-6-4-5-8-33-21/h10-13,21H,4-9,14H2,1-3H3,(H,27,28,29). The van der Waals surface area contributed by atoms with Gasteiger partial charge in [0.1, 0.15) is 18.2 Å². The highest BCUT2D eigenvalue weighted by Crippen LogP contribution is 2.27. The van der Waals surface area contributed by atoms with Crippen LogP contribution in [0.4, 0.5) is 20.5 Å². The Labute approximate surface area is 202 Å². The minimum Gasteiger partial charge on any atom is -0.494 e. The van der Waals surface area contributed by atoms with Crippen molar-refractivity contribution in [3.63, 3.8) is 0 Å². The number of hydrogen-bond acceptors (Lipinski definition) is 8. The maximum atomic E-state index is 14.4. The van der Waals surface area contributed by atoms with Crippen LogP contribution >= 0.6 is 0 Å². The molecule has 11 heteroatoms. The van der Waals surface area contributed by atoms with Crippen molar-refractivity contribution < 1.29 is 27.7 Å². The molecular formula is C24H29F2N5O4. The molecule has 3 aromatic rings. The normalized spacial score (nSPS) is 15.7. The van der Waals surface area contributed by atoms with E-state index in [-0.39, 0.29) is 35.5 Å². The molecule has 0 spiro atoms. The van der Waals surface area contributed by atoms with Crippen molar-refractivity contribution in [1.82, 2.24) is 19.7 Å². The number of benzene rings is 1. The molecule has 1 aliphatic rings. The van der Waals surface area contributed by atoms with E-state index in [1.54, 1.807) is 4.68 Å². The zero-order chi connectivity index (χ0) is 24.8. The molecule has 0 radical (unpaired) electrons. The summed E-state index contributed by atoms with van der Waals surface area (Å²) in [5.41, 5.74) is 0.879. The molecule has 1 fully saturated rings. The van der Waals surface area contributed by atoms with Crippen molar-refractivity contribution in [2.75, 3.05) is 25.6 Å². The van der Waals surface area contributed by atoms with Gasteiger partial charge in [-0.05, 0) is 44.7 Å². The molecule has 1 aromatic carbocycles. The maximum absolute atomic E-state index is 14.4. The molecule has 1 atom stereocenters. The molecule has 3 heterocycles. The van der Waals surface area contributed by atoms with Crippen molar-refractivity contribution >= 4 is 11.8 Å². The minimum atomic E-state index is -0.794. The summed E-state index contributed by atoms with van der Waals surface area (Å²) in [6.45, 7) is 4.83. The van der Waals surface area contributed by atoms with E-state index in [1.807, 2.05) is 13.0 Å². The maximum Gasteiger partial charge on any atom is 0.228 e. The van der Waals surface area contributed by atoms with Crippen molar-refractivity contribution in [2.24, 2.45) is 0 Å². The highest BCUT2D eigenvalue weighted by atomic mass is 19.1. The number of nitrogens with one attached hydrogen (secondary N) is 1. The van der Waals surface area contributed by atoms with Gasteiger partial charge in [-0.25, -0.2) is 23.4 Å². The number of aromatic nitrogens is 4. The highest BCUT2D eigenvalue weighted by molar-refractivity contribution is 5.49. The smallest absolute Gasteiger partial charge is 0.228 e. The number of aryl methyl sites for hydroxylation is 2. The van der Waals surface area contributed by atoms with Crippen LogP contribution in [-0.2, 0) is 22.6 Å². The van der Waals surface area contributed by atoms with E-state index in [2.05, 4.69) is 20.4 Å². The predicted molar refractivity (Wildman–Crippen MR) is 124 cm³/mol. The fourth-order valence-corrected chi connectivity index (χ4v) is 3.74. The lowest BCUT2D eigenvalue weighted by molar-refractivity contribution is -0.163. The van der Waals surface area contributed by atoms with Crippen LogP contribution in [0.1, 0.15) is 36.1 Å². The lowest BCUT2D eigenvalue weighted by Gasteiger charge is -2.22. The molecule has 1 aliphatic heterocycles. The quantitative estimate of drug-likeness (QED) is 0.447. The lowest BCUT2D eigenvalue weighted by Crippen LogP contribution is -2.24. The van der Waals surface area contributed by atoms with E-state index in [4.69, 9.17) is 18.9 Å². The van der Waals surface area contributed by atoms with E-state index < -0.39 is 11.6 Å². The average molecular weight is 490 g/mol. The molecule has 0 saturated carbocycles. The van der Waals surface area contributed by atoms with E-state index >= 15 is 0 Å². The molecule has 0 aliphatic carbocycles. The molecule has 1 N–H and O–H groups in total. The third kappa shape index (κ3) is 6.23. The van der Waals surface area contributed by atoms with Gasteiger partial charge in [0.2, 0.25) is 5.95 Å². The number of hydrogen-bond donors (Lipinski definition) is 1. The molecule has 2 aromatic heterocycles. The Bertz CT molecular complexity index is 1130. The fourth-order valence-electron chi connectivity index (χ4n) is 3.74. The Hall–Kier alpha value is -3.31. The minimum absolute atomic E-state index is 0.0399. The number of anilines is 2. The first-order valence-corrected chi connectivity index (χ1v) is 11.5. The van der Waals surface area contributed by atoms with E-state index in [9.17, 15) is 8.78 Å². The zero-order valence-electron chi connectivity index (χ0n) is 20.0. The Morgan fingerprint density at radius 3 is 2.66 bits per heavy atom. The van der Waals surface area contributed by atoms with Crippen molar-refractivity contribution in [3.8, 4) is 11.5 Å². The molecular weight excluding hydrogens is 460 g/mol. The van der Waals surface area contributed by atoms with Crippen LogP contribution in [0, 0.1) is 25.5 Å². The first-order chi connectivity index (χ1) is 16.9. The topological polar surface area (TPSA) is 92.6 Å². The average Bonchev–Trinajstić information content (AvgIpc) is 3.21. The number of rotatable bonds is 10. The van der Waals surface area contributed by atoms with Gasteiger partial charge in [0, 0.05) is 12.7 Å². The van der Waals surface area contributed by atoms with Crippen molar-refractivity contribution in [3.05, 3.63) is 53.0 Å². The monoisotopic (exact) mass is 489 g/mol. The van der Waals surface area contributed by atoms with Crippen LogP contribution in [0.5, 0.6) is 11.5 Å². The highest BCUT2D eigenvalue weighted by Gasteiger charge is 2.18. The molecule has 35 heavy (non-hydrogen) atoms. The summed E-state index contributed by atoms with van der Waals surface area (Å²) in [7, 11) is 1.33. The van der Waals surface area contributed by atoms with Gasteiger partial charge in [-0.15, -0.1) is 0 Å².